The number of hydrogen-bond donors (Lipinski definition) is 2. The standard InChI is InChI=1S/C17H23BrN4O3S/c1-3-5-9-21(16(24)11-7-8-12(18)26-11)13-14(19)22(10-6-4-2)17(25)20-15(13)23/h7-8H,3-6,9-10,19H2,1-2H3,(H,20,23,25). The summed E-state index contributed by atoms with van der Waals surface area (Å²) in [7, 11) is 0. The SMILES string of the molecule is CCCCN(C(=O)c1ccc(Br)s1)c1c(N)n(CCCC)c(=O)[nH]c1=O. The Balaban J connectivity index is 2.55. The fourth-order valence-electron chi connectivity index (χ4n) is 2.57. The van der Waals surface area contributed by atoms with Gasteiger partial charge in [0.25, 0.3) is 11.5 Å². The molecule has 0 radical (unpaired) electrons. The summed E-state index contributed by atoms with van der Waals surface area (Å²) < 4.78 is 2.16. The lowest BCUT2D eigenvalue weighted by atomic mass is 10.2. The molecule has 0 spiro atoms. The lowest BCUT2D eigenvalue weighted by Crippen LogP contribution is -2.41. The average molecular weight is 443 g/mol. The van der Waals surface area contributed by atoms with Gasteiger partial charge in [-0.25, -0.2) is 4.79 Å². The van der Waals surface area contributed by atoms with E-state index in [-0.39, 0.29) is 17.4 Å². The van der Waals surface area contributed by atoms with Crippen molar-refractivity contribution in [3.8, 4) is 0 Å². The number of thiophene rings is 1. The number of rotatable bonds is 8. The minimum atomic E-state index is -0.639. The summed E-state index contributed by atoms with van der Waals surface area (Å²) in [6.45, 7) is 4.75. The van der Waals surface area contributed by atoms with E-state index in [1.54, 1.807) is 12.1 Å². The van der Waals surface area contributed by atoms with Crippen molar-refractivity contribution in [1.82, 2.24) is 9.55 Å². The number of aromatic amines is 1. The zero-order valence-electron chi connectivity index (χ0n) is 14.9. The Morgan fingerprint density at radius 2 is 1.96 bits per heavy atom. The molecule has 0 aliphatic rings. The number of H-pyrrole nitrogens is 1. The fourth-order valence-corrected chi connectivity index (χ4v) is 3.90. The van der Waals surface area contributed by atoms with Crippen molar-refractivity contribution in [3.63, 3.8) is 0 Å². The van der Waals surface area contributed by atoms with Crippen LogP contribution >= 0.6 is 27.3 Å². The summed E-state index contributed by atoms with van der Waals surface area (Å²) in [6, 6.07) is 3.49. The number of carbonyl (C=O) groups excluding carboxylic acids is 1. The number of nitrogens with zero attached hydrogens (tertiary/aromatic N) is 2. The second-order valence-corrected chi connectivity index (χ2v) is 8.38. The first-order chi connectivity index (χ1) is 12.4. The molecular formula is C17H23BrN4O3S. The van der Waals surface area contributed by atoms with E-state index in [2.05, 4.69) is 20.9 Å². The summed E-state index contributed by atoms with van der Waals surface area (Å²) in [5, 5.41) is 0. The molecule has 2 heterocycles. The molecule has 0 saturated heterocycles. The van der Waals surface area contributed by atoms with E-state index >= 15 is 0 Å². The van der Waals surface area contributed by atoms with Crippen molar-refractivity contribution in [1.29, 1.82) is 0 Å². The summed E-state index contributed by atoms with van der Waals surface area (Å²) in [6.07, 6.45) is 3.19. The number of halogens is 1. The molecule has 0 aliphatic carbocycles. The van der Waals surface area contributed by atoms with Crippen LogP contribution in [0.25, 0.3) is 0 Å². The highest BCUT2D eigenvalue weighted by Gasteiger charge is 2.25. The average Bonchev–Trinajstić information content (AvgIpc) is 3.03. The summed E-state index contributed by atoms with van der Waals surface area (Å²) >= 11 is 4.64. The number of amides is 1. The summed E-state index contributed by atoms with van der Waals surface area (Å²) in [5.41, 5.74) is 5.02. The number of carbonyl (C=O) groups is 1. The van der Waals surface area contributed by atoms with Crippen molar-refractivity contribution < 1.29 is 4.79 Å². The Morgan fingerprint density at radius 1 is 1.27 bits per heavy atom. The van der Waals surface area contributed by atoms with Gasteiger partial charge in [0.2, 0.25) is 0 Å². The topological polar surface area (TPSA) is 101 Å². The van der Waals surface area contributed by atoms with Crippen LogP contribution < -0.4 is 21.9 Å². The zero-order valence-corrected chi connectivity index (χ0v) is 17.3. The zero-order chi connectivity index (χ0) is 19.3. The van der Waals surface area contributed by atoms with Gasteiger partial charge in [0.15, 0.2) is 5.69 Å². The van der Waals surface area contributed by atoms with E-state index in [1.807, 2.05) is 13.8 Å². The van der Waals surface area contributed by atoms with Crippen molar-refractivity contribution in [2.24, 2.45) is 0 Å². The Bertz CT molecular complexity index is 887. The molecule has 1 amide bonds. The molecule has 0 atom stereocenters. The molecule has 0 saturated carbocycles. The molecular weight excluding hydrogens is 420 g/mol. The number of nitrogens with one attached hydrogen (secondary N) is 1. The van der Waals surface area contributed by atoms with Gasteiger partial charge in [0.1, 0.15) is 5.82 Å². The second-order valence-electron chi connectivity index (χ2n) is 5.91. The van der Waals surface area contributed by atoms with Crippen molar-refractivity contribution in [2.75, 3.05) is 17.2 Å². The molecule has 2 aromatic heterocycles. The minimum Gasteiger partial charge on any atom is -0.383 e. The number of anilines is 2. The number of nitrogen functional groups attached to an aromatic ring is 1. The largest absolute Gasteiger partial charge is 0.383 e. The quantitative estimate of drug-likeness (QED) is 0.654. The van der Waals surface area contributed by atoms with Crippen molar-refractivity contribution in [3.05, 3.63) is 41.6 Å². The summed E-state index contributed by atoms with van der Waals surface area (Å²) in [5.74, 6) is -0.265. The van der Waals surface area contributed by atoms with Gasteiger partial charge in [-0.1, -0.05) is 26.7 Å². The Hall–Kier alpha value is -1.87. The third-order valence-electron chi connectivity index (χ3n) is 3.98. The molecule has 0 bridgehead atoms. The van der Waals surface area contributed by atoms with Crippen LogP contribution in [0.4, 0.5) is 11.5 Å². The van der Waals surface area contributed by atoms with E-state index in [4.69, 9.17) is 5.73 Å². The van der Waals surface area contributed by atoms with Gasteiger partial charge >= 0.3 is 5.69 Å². The first-order valence-corrected chi connectivity index (χ1v) is 10.2. The first-order valence-electron chi connectivity index (χ1n) is 8.60. The molecule has 0 aromatic carbocycles. The highest BCUT2D eigenvalue weighted by molar-refractivity contribution is 9.11. The summed E-state index contributed by atoms with van der Waals surface area (Å²) in [4.78, 5) is 41.8. The Morgan fingerprint density at radius 3 is 2.54 bits per heavy atom. The predicted molar refractivity (Wildman–Crippen MR) is 109 cm³/mol. The number of nitrogens with two attached hydrogens (primary N) is 1. The monoisotopic (exact) mass is 442 g/mol. The third-order valence-corrected chi connectivity index (χ3v) is 5.60. The molecule has 0 unspecified atom stereocenters. The van der Waals surface area contributed by atoms with Gasteiger partial charge in [-0.2, -0.15) is 0 Å². The van der Waals surface area contributed by atoms with E-state index in [0.717, 1.165) is 23.0 Å². The fraction of sp³-hybridized carbons (Fsp3) is 0.471. The maximum atomic E-state index is 13.0. The van der Waals surface area contributed by atoms with Gasteiger partial charge in [0.05, 0.1) is 8.66 Å². The molecule has 2 rings (SSSR count). The third kappa shape index (κ3) is 4.45. The van der Waals surface area contributed by atoms with Gasteiger partial charge in [-0.05, 0) is 40.9 Å². The maximum Gasteiger partial charge on any atom is 0.330 e. The van der Waals surface area contributed by atoms with E-state index in [9.17, 15) is 14.4 Å². The molecule has 142 valence electrons. The maximum absolute atomic E-state index is 13.0. The smallest absolute Gasteiger partial charge is 0.330 e. The van der Waals surface area contributed by atoms with Gasteiger partial charge in [-0.3, -0.25) is 24.0 Å². The van der Waals surface area contributed by atoms with E-state index in [0.29, 0.717) is 24.4 Å². The second kappa shape index (κ2) is 9.18. The molecule has 26 heavy (non-hydrogen) atoms. The number of aromatic nitrogens is 2. The van der Waals surface area contributed by atoms with Crippen LogP contribution in [0, 0.1) is 0 Å². The molecule has 3 N–H and O–H groups in total. The van der Waals surface area contributed by atoms with E-state index in [1.165, 1.54) is 20.8 Å². The van der Waals surface area contributed by atoms with Crippen molar-refractivity contribution >= 4 is 44.7 Å². The van der Waals surface area contributed by atoms with Crippen LogP contribution in [0.3, 0.4) is 0 Å². The minimum absolute atomic E-state index is 0.0345. The lowest BCUT2D eigenvalue weighted by Gasteiger charge is -2.24. The van der Waals surface area contributed by atoms with Crippen LogP contribution in [0.5, 0.6) is 0 Å². The molecule has 9 heteroatoms. The van der Waals surface area contributed by atoms with Crippen LogP contribution in [-0.2, 0) is 6.54 Å². The Labute approximate surface area is 164 Å². The molecule has 0 fully saturated rings. The highest BCUT2D eigenvalue weighted by atomic mass is 79.9. The van der Waals surface area contributed by atoms with Crippen LogP contribution in [0.15, 0.2) is 25.5 Å². The van der Waals surface area contributed by atoms with Crippen LogP contribution in [0.1, 0.15) is 49.2 Å². The van der Waals surface area contributed by atoms with E-state index < -0.39 is 11.2 Å². The molecule has 2 aromatic rings. The predicted octanol–water partition coefficient (Wildman–Crippen LogP) is 3.19. The van der Waals surface area contributed by atoms with Crippen LogP contribution in [0.2, 0.25) is 0 Å². The Kier molecular flexibility index (Phi) is 7.22. The first kappa shape index (κ1) is 20.4. The normalized spacial score (nSPS) is 10.9. The van der Waals surface area contributed by atoms with Crippen LogP contribution in [-0.4, -0.2) is 22.0 Å². The molecule has 0 aliphatic heterocycles. The van der Waals surface area contributed by atoms with Gasteiger partial charge in [0, 0.05) is 13.1 Å². The van der Waals surface area contributed by atoms with Gasteiger partial charge < -0.3 is 5.73 Å². The highest BCUT2D eigenvalue weighted by Crippen LogP contribution is 2.26. The number of hydrogen-bond acceptors (Lipinski definition) is 5. The van der Waals surface area contributed by atoms with Gasteiger partial charge in [-0.15, -0.1) is 11.3 Å². The molecule has 7 nitrogen and oxygen atoms in total. The van der Waals surface area contributed by atoms with Crippen molar-refractivity contribution in [2.45, 2.75) is 46.1 Å². The number of unbranched alkanes of at least 4 members (excludes halogenated alkanes) is 2. The lowest BCUT2D eigenvalue weighted by molar-refractivity contribution is 0.0990.